The van der Waals surface area contributed by atoms with Gasteiger partial charge in [0.1, 0.15) is 19.0 Å². The highest BCUT2D eigenvalue weighted by Gasteiger charge is 2.26. The minimum Gasteiger partial charge on any atom is -0.465 e. The molecule has 6 nitrogen and oxygen atoms in total. The molecule has 2 amide bonds. The van der Waals surface area contributed by atoms with Gasteiger partial charge in [0.05, 0.1) is 19.2 Å². The lowest BCUT2D eigenvalue weighted by Gasteiger charge is -2.24. The van der Waals surface area contributed by atoms with Crippen molar-refractivity contribution in [3.8, 4) is 0 Å². The van der Waals surface area contributed by atoms with Gasteiger partial charge in [0.25, 0.3) is 11.8 Å². The van der Waals surface area contributed by atoms with Crippen molar-refractivity contribution in [1.82, 2.24) is 4.90 Å². The monoisotopic (exact) mass is 281 g/mol. The zero-order valence-electron chi connectivity index (χ0n) is 10.7. The molecule has 1 aromatic rings. The number of methoxy groups -OCH3 is 1. The lowest BCUT2D eigenvalue weighted by molar-refractivity contribution is -0.159. The van der Waals surface area contributed by atoms with Crippen LogP contribution in [0.1, 0.15) is 15.9 Å². The lowest BCUT2D eigenvalue weighted by Crippen LogP contribution is -2.45. The number of nitrogens with zero attached hydrogens (tertiary/aromatic N) is 1. The number of hydrogen-bond donors (Lipinski definition) is 0. The molecule has 20 heavy (non-hydrogen) atoms. The number of carbonyl (C=O) groups excluding carboxylic acids is 3. The van der Waals surface area contributed by atoms with Crippen molar-refractivity contribution < 1.29 is 28.2 Å². The summed E-state index contributed by atoms with van der Waals surface area (Å²) in [6.45, 7) is -0.400. The molecular formula is C13H12FNO5. The van der Waals surface area contributed by atoms with E-state index in [1.807, 2.05) is 0 Å². The first-order chi connectivity index (χ1) is 9.52. The van der Waals surface area contributed by atoms with Crippen LogP contribution >= 0.6 is 0 Å². The first-order valence-electron chi connectivity index (χ1n) is 5.80. The Hall–Kier alpha value is -2.28. The van der Waals surface area contributed by atoms with Crippen LogP contribution < -0.4 is 0 Å². The molecule has 0 spiro atoms. The number of halogens is 1. The molecule has 0 saturated carbocycles. The third-order valence-corrected chi connectivity index (χ3v) is 2.83. The van der Waals surface area contributed by atoms with Crippen molar-refractivity contribution in [1.29, 1.82) is 0 Å². The summed E-state index contributed by atoms with van der Waals surface area (Å²) in [6.07, 6.45) is 0. The molecule has 0 bridgehead atoms. The fourth-order valence-corrected chi connectivity index (χ4v) is 1.81. The fraction of sp³-hybridized carbons (Fsp3) is 0.308. The normalized spacial score (nSPS) is 15.4. The quantitative estimate of drug-likeness (QED) is 0.596. The zero-order chi connectivity index (χ0) is 14.7. The summed E-state index contributed by atoms with van der Waals surface area (Å²) in [5.41, 5.74) is 0.203. The number of amides is 2. The van der Waals surface area contributed by atoms with E-state index >= 15 is 0 Å². The Morgan fingerprint density at radius 2 is 2.00 bits per heavy atom. The van der Waals surface area contributed by atoms with Crippen LogP contribution in [0.15, 0.2) is 18.2 Å². The predicted octanol–water partition coefficient (Wildman–Crippen LogP) is 0.498. The van der Waals surface area contributed by atoms with Crippen molar-refractivity contribution in [3.05, 3.63) is 35.1 Å². The first-order valence-corrected chi connectivity index (χ1v) is 5.80. The summed E-state index contributed by atoms with van der Waals surface area (Å²) in [4.78, 5) is 35.3. The van der Waals surface area contributed by atoms with E-state index in [0.29, 0.717) is 5.56 Å². The predicted molar refractivity (Wildman–Crippen MR) is 64.1 cm³/mol. The third-order valence-electron chi connectivity index (χ3n) is 2.83. The number of benzene rings is 1. The van der Waals surface area contributed by atoms with Gasteiger partial charge in [-0.25, -0.2) is 9.18 Å². The second-order valence-corrected chi connectivity index (χ2v) is 4.17. The molecule has 0 radical (unpaired) electrons. The number of imide groups is 1. The van der Waals surface area contributed by atoms with Crippen LogP contribution in [0.5, 0.6) is 0 Å². The van der Waals surface area contributed by atoms with Gasteiger partial charge in [0.2, 0.25) is 0 Å². The number of rotatable bonds is 3. The van der Waals surface area contributed by atoms with E-state index in [1.54, 1.807) is 0 Å². The molecule has 7 heteroatoms. The first kappa shape index (κ1) is 14.1. The van der Waals surface area contributed by atoms with Crippen LogP contribution in [-0.4, -0.2) is 43.0 Å². The minimum atomic E-state index is -0.785. The van der Waals surface area contributed by atoms with Crippen molar-refractivity contribution >= 4 is 17.8 Å². The summed E-state index contributed by atoms with van der Waals surface area (Å²) in [6, 6.07) is 3.82. The number of hydrogen-bond acceptors (Lipinski definition) is 5. The maximum absolute atomic E-state index is 13.7. The van der Waals surface area contributed by atoms with Crippen LogP contribution in [0.2, 0.25) is 0 Å². The van der Waals surface area contributed by atoms with Crippen LogP contribution in [0.4, 0.5) is 4.39 Å². The van der Waals surface area contributed by atoms with Gasteiger partial charge in [-0.15, -0.1) is 0 Å². The van der Waals surface area contributed by atoms with E-state index < -0.39 is 23.6 Å². The van der Waals surface area contributed by atoms with Crippen LogP contribution in [0.3, 0.4) is 0 Å². The van der Waals surface area contributed by atoms with E-state index in [2.05, 4.69) is 4.74 Å². The average molecular weight is 281 g/mol. The average Bonchev–Trinajstić information content (AvgIpc) is 2.42. The molecule has 0 unspecified atom stereocenters. The van der Waals surface area contributed by atoms with Crippen LogP contribution in [0, 0.1) is 5.82 Å². The molecular weight excluding hydrogens is 269 g/mol. The largest absolute Gasteiger partial charge is 0.465 e. The van der Waals surface area contributed by atoms with Crippen LogP contribution in [-0.2, 0) is 25.6 Å². The maximum Gasteiger partial charge on any atom is 0.340 e. The molecule has 1 aliphatic heterocycles. The standard InChI is InChI=1S/C13H12FNO5/c1-19-13(18)9-3-2-8(4-10(9)14)5-15-11(16)6-20-7-12(15)17/h2-4H,5-7H2,1H3. The molecule has 0 aromatic heterocycles. The van der Waals surface area contributed by atoms with Gasteiger partial charge < -0.3 is 9.47 Å². The highest BCUT2D eigenvalue weighted by Crippen LogP contribution is 2.15. The Bertz CT molecular complexity index is 556. The minimum absolute atomic E-state index is 0.0562. The van der Waals surface area contributed by atoms with Gasteiger partial charge in [-0.1, -0.05) is 6.07 Å². The Morgan fingerprint density at radius 1 is 1.35 bits per heavy atom. The molecule has 0 aliphatic carbocycles. The number of esters is 1. The lowest BCUT2D eigenvalue weighted by atomic mass is 10.1. The second kappa shape index (κ2) is 5.79. The van der Waals surface area contributed by atoms with Gasteiger partial charge in [-0.05, 0) is 17.7 Å². The summed E-state index contributed by atoms with van der Waals surface area (Å²) in [5.74, 6) is -2.49. The maximum atomic E-state index is 13.7. The van der Waals surface area contributed by atoms with Gasteiger partial charge in [0.15, 0.2) is 0 Å². The van der Waals surface area contributed by atoms with Gasteiger partial charge in [-0.3, -0.25) is 14.5 Å². The van der Waals surface area contributed by atoms with E-state index in [-0.39, 0.29) is 25.3 Å². The number of carbonyl (C=O) groups is 3. The Labute approximate surface area is 114 Å². The topological polar surface area (TPSA) is 72.9 Å². The van der Waals surface area contributed by atoms with Gasteiger partial charge >= 0.3 is 5.97 Å². The fourth-order valence-electron chi connectivity index (χ4n) is 1.81. The van der Waals surface area contributed by atoms with Crippen molar-refractivity contribution in [2.45, 2.75) is 6.54 Å². The van der Waals surface area contributed by atoms with E-state index in [1.165, 1.54) is 12.1 Å². The molecule has 1 heterocycles. The van der Waals surface area contributed by atoms with Crippen molar-refractivity contribution in [3.63, 3.8) is 0 Å². The molecule has 0 N–H and O–H groups in total. The highest BCUT2D eigenvalue weighted by atomic mass is 19.1. The van der Waals surface area contributed by atoms with E-state index in [0.717, 1.165) is 18.1 Å². The Kier molecular flexibility index (Phi) is 4.09. The highest BCUT2D eigenvalue weighted by molar-refractivity contribution is 5.98. The smallest absolute Gasteiger partial charge is 0.340 e. The molecule has 1 aliphatic rings. The summed E-state index contributed by atoms with van der Waals surface area (Å²) >= 11 is 0. The van der Waals surface area contributed by atoms with E-state index in [9.17, 15) is 18.8 Å². The zero-order valence-corrected chi connectivity index (χ0v) is 10.7. The Balaban J connectivity index is 2.18. The van der Waals surface area contributed by atoms with Crippen molar-refractivity contribution in [2.75, 3.05) is 20.3 Å². The van der Waals surface area contributed by atoms with Crippen LogP contribution in [0.25, 0.3) is 0 Å². The summed E-state index contributed by atoms with van der Waals surface area (Å²) in [5, 5.41) is 0. The van der Waals surface area contributed by atoms with Crippen molar-refractivity contribution in [2.24, 2.45) is 0 Å². The van der Waals surface area contributed by atoms with E-state index in [4.69, 9.17) is 4.74 Å². The molecule has 1 aromatic carbocycles. The molecule has 1 saturated heterocycles. The van der Waals surface area contributed by atoms with Gasteiger partial charge in [-0.2, -0.15) is 0 Å². The number of ether oxygens (including phenoxy) is 2. The molecule has 1 fully saturated rings. The molecule has 0 atom stereocenters. The Morgan fingerprint density at radius 3 is 2.55 bits per heavy atom. The molecule has 106 valence electrons. The number of morpholine rings is 1. The SMILES string of the molecule is COC(=O)c1ccc(CN2C(=O)COCC2=O)cc1F. The second-order valence-electron chi connectivity index (χ2n) is 4.17. The third kappa shape index (κ3) is 2.83. The molecule has 2 rings (SSSR count). The summed E-state index contributed by atoms with van der Waals surface area (Å²) < 4.78 is 22.9. The van der Waals surface area contributed by atoms with Gasteiger partial charge in [0, 0.05) is 0 Å². The summed E-state index contributed by atoms with van der Waals surface area (Å²) in [7, 11) is 1.15.